The molecule has 1 atom stereocenters. The maximum Gasteiger partial charge on any atom is 1.00 e. The summed E-state index contributed by atoms with van der Waals surface area (Å²) in [6.45, 7) is 8.38. The molecule has 0 saturated heterocycles. The van der Waals surface area contributed by atoms with Crippen molar-refractivity contribution in [3.8, 4) is 0 Å². The van der Waals surface area contributed by atoms with Gasteiger partial charge < -0.3 is 0 Å². The van der Waals surface area contributed by atoms with Crippen LogP contribution in [0.2, 0.25) is 0 Å². The van der Waals surface area contributed by atoms with Gasteiger partial charge in [0, 0.05) is 17.4 Å². The van der Waals surface area contributed by atoms with Gasteiger partial charge in [-0.25, -0.2) is 4.67 Å². The van der Waals surface area contributed by atoms with Crippen molar-refractivity contribution in [2.24, 2.45) is 0 Å². The molecule has 0 aliphatic heterocycles. The Hall–Kier alpha value is -0.773. The standard InChI is InChI=1S/C18H23NOP.Li/c1-15(2)19(16(3)4)21(20,17-11-7-5-8-12-17)18-13-9-6-10-14-18;/h5-13,15-16H,1-4H3;/q-1;+1. The number of hydrogen-bond donors (Lipinski definition) is 0. The zero-order chi connectivity index (χ0) is 15.5. The predicted molar refractivity (Wildman–Crippen MR) is 90.7 cm³/mol. The molecule has 22 heavy (non-hydrogen) atoms. The Morgan fingerprint density at radius 2 is 1.45 bits per heavy atom. The quantitative estimate of drug-likeness (QED) is 0.463. The van der Waals surface area contributed by atoms with Crippen LogP contribution in [0.25, 0.3) is 0 Å². The van der Waals surface area contributed by atoms with E-state index in [2.05, 4.69) is 38.4 Å². The second kappa shape index (κ2) is 8.18. The summed E-state index contributed by atoms with van der Waals surface area (Å²) in [6.07, 6.45) is 0. The minimum absolute atomic E-state index is 0. The normalized spacial score (nSPS) is 14.0. The van der Waals surface area contributed by atoms with E-state index in [1.54, 1.807) is 0 Å². The number of nitrogens with zero attached hydrogens (tertiary/aromatic N) is 1. The van der Waals surface area contributed by atoms with Gasteiger partial charge in [0.05, 0.1) is 0 Å². The summed E-state index contributed by atoms with van der Waals surface area (Å²) in [5, 5.41) is 1.65. The molecule has 0 heterocycles. The number of rotatable bonds is 5. The Balaban J connectivity index is 0.00000242. The van der Waals surface area contributed by atoms with Gasteiger partial charge in [0.15, 0.2) is 7.29 Å². The number of hydrogen-bond acceptors (Lipinski definition) is 1. The van der Waals surface area contributed by atoms with Crippen LogP contribution in [0.5, 0.6) is 0 Å². The summed E-state index contributed by atoms with van der Waals surface area (Å²) in [7, 11) is -2.87. The van der Waals surface area contributed by atoms with Gasteiger partial charge in [-0.2, -0.15) is 30.3 Å². The Kier molecular flexibility index (Phi) is 7.17. The van der Waals surface area contributed by atoms with E-state index >= 15 is 0 Å². The molecule has 0 fully saturated rings. The van der Waals surface area contributed by atoms with Crippen molar-refractivity contribution >= 4 is 17.9 Å². The first-order valence-electron chi connectivity index (χ1n) is 7.39. The summed E-state index contributed by atoms with van der Waals surface area (Å²) in [4.78, 5) is 0. The molecule has 0 amide bonds. The van der Waals surface area contributed by atoms with E-state index in [1.165, 1.54) is 0 Å². The molecule has 4 heteroatoms. The molecule has 0 N–H and O–H groups in total. The van der Waals surface area contributed by atoms with Gasteiger partial charge in [-0.3, -0.25) is 4.57 Å². The second-order valence-corrected chi connectivity index (χ2v) is 8.34. The van der Waals surface area contributed by atoms with Gasteiger partial charge in [0.25, 0.3) is 0 Å². The molecule has 2 nitrogen and oxygen atoms in total. The Labute approximate surface area is 146 Å². The molecule has 1 unspecified atom stereocenters. The molecule has 2 aromatic rings. The first-order chi connectivity index (χ1) is 9.98. The van der Waals surface area contributed by atoms with E-state index in [4.69, 9.17) is 0 Å². The molecule has 112 valence electrons. The van der Waals surface area contributed by atoms with Crippen molar-refractivity contribution < 1.29 is 23.4 Å². The predicted octanol–water partition coefficient (Wildman–Crippen LogP) is 0.838. The van der Waals surface area contributed by atoms with E-state index < -0.39 is 7.29 Å². The van der Waals surface area contributed by atoms with Crippen molar-refractivity contribution in [2.45, 2.75) is 39.8 Å². The van der Waals surface area contributed by atoms with Gasteiger partial charge in [-0.15, -0.1) is 0 Å². The zero-order valence-electron chi connectivity index (χ0n) is 14.2. The molecular weight excluding hydrogens is 284 g/mol. The monoisotopic (exact) mass is 307 g/mol. The third-order valence-corrected chi connectivity index (χ3v) is 7.01. The molecule has 0 aliphatic carbocycles. The van der Waals surface area contributed by atoms with Crippen molar-refractivity contribution in [3.63, 3.8) is 0 Å². The summed E-state index contributed by atoms with van der Waals surface area (Å²) < 4.78 is 16.2. The first-order valence-corrected chi connectivity index (χ1v) is 9.05. The van der Waals surface area contributed by atoms with E-state index in [1.807, 2.05) is 54.6 Å². The fourth-order valence-electron chi connectivity index (χ4n) is 2.85. The summed E-state index contributed by atoms with van der Waals surface area (Å²) >= 11 is 0. The van der Waals surface area contributed by atoms with E-state index in [9.17, 15) is 4.57 Å². The van der Waals surface area contributed by atoms with Gasteiger partial charge in [0.1, 0.15) is 0 Å². The van der Waals surface area contributed by atoms with Crippen molar-refractivity contribution in [1.29, 1.82) is 0 Å². The smallest absolute Gasteiger partial charge is 0.298 e. The van der Waals surface area contributed by atoms with Crippen LogP contribution in [0.1, 0.15) is 27.7 Å². The summed E-state index contributed by atoms with van der Waals surface area (Å²) in [5.41, 5.74) is 0. The van der Waals surface area contributed by atoms with Crippen LogP contribution in [-0.4, -0.2) is 16.8 Å². The fourth-order valence-corrected chi connectivity index (χ4v) is 6.05. The molecule has 0 aromatic heterocycles. The van der Waals surface area contributed by atoms with Crippen molar-refractivity contribution in [3.05, 3.63) is 60.7 Å². The largest absolute Gasteiger partial charge is 1.00 e. The van der Waals surface area contributed by atoms with Crippen LogP contribution >= 0.6 is 7.29 Å². The summed E-state index contributed by atoms with van der Waals surface area (Å²) in [5.74, 6) is 0. The maximum atomic E-state index is 14.1. The van der Waals surface area contributed by atoms with Crippen molar-refractivity contribution in [2.75, 3.05) is 0 Å². The third-order valence-electron chi connectivity index (χ3n) is 3.51. The van der Waals surface area contributed by atoms with Gasteiger partial charge in [-0.1, -0.05) is 23.5 Å². The van der Waals surface area contributed by atoms with Crippen LogP contribution in [0.3, 0.4) is 0 Å². The molecule has 0 aliphatic rings. The molecular formula is C18H23LiNOP. The third kappa shape index (κ3) is 3.76. The minimum atomic E-state index is -2.87. The van der Waals surface area contributed by atoms with Gasteiger partial charge >= 0.3 is 18.9 Å². The SMILES string of the molecule is CC(C)N(C(C)C)P(=O)(c1[c-]cccc1)c1ccccc1.[Li+]. The molecule has 0 spiro atoms. The fraction of sp³-hybridized carbons (Fsp3) is 0.333. The Morgan fingerprint density at radius 3 is 1.91 bits per heavy atom. The second-order valence-electron chi connectivity index (χ2n) is 5.73. The average Bonchev–Trinajstić information content (AvgIpc) is 2.48. The topological polar surface area (TPSA) is 20.3 Å². The maximum absolute atomic E-state index is 14.1. The number of benzene rings is 2. The van der Waals surface area contributed by atoms with E-state index in [-0.39, 0.29) is 30.9 Å². The Morgan fingerprint density at radius 1 is 0.909 bits per heavy atom. The Bertz CT molecular complexity index is 562. The molecule has 0 radical (unpaired) electrons. The first kappa shape index (κ1) is 19.3. The molecule has 2 rings (SSSR count). The van der Waals surface area contributed by atoms with E-state index in [0.717, 1.165) is 10.6 Å². The van der Waals surface area contributed by atoms with Crippen LogP contribution in [0.15, 0.2) is 54.6 Å². The molecule has 0 saturated carbocycles. The van der Waals surface area contributed by atoms with Crippen LogP contribution in [-0.2, 0) is 4.57 Å². The van der Waals surface area contributed by atoms with Gasteiger partial charge in [-0.05, 0) is 39.8 Å². The van der Waals surface area contributed by atoms with Crippen LogP contribution in [0.4, 0.5) is 0 Å². The summed E-state index contributed by atoms with van der Waals surface area (Å²) in [6, 6.07) is 20.9. The average molecular weight is 307 g/mol. The van der Waals surface area contributed by atoms with E-state index in [0.29, 0.717) is 0 Å². The molecule has 2 aromatic carbocycles. The van der Waals surface area contributed by atoms with Gasteiger partial charge in [0.2, 0.25) is 0 Å². The van der Waals surface area contributed by atoms with Crippen LogP contribution < -0.4 is 29.5 Å². The van der Waals surface area contributed by atoms with Crippen molar-refractivity contribution in [1.82, 2.24) is 4.67 Å². The zero-order valence-corrected chi connectivity index (χ0v) is 15.0. The molecule has 0 bridgehead atoms. The minimum Gasteiger partial charge on any atom is -0.298 e. The van der Waals surface area contributed by atoms with Crippen LogP contribution in [0, 0.1) is 6.07 Å².